The molecule has 1 atom stereocenters. The van der Waals surface area contributed by atoms with Crippen LogP contribution >= 0.6 is 0 Å². The molecule has 1 aromatic carbocycles. The fraction of sp³-hybridized carbons (Fsp3) is 0.600. The molecule has 2 N–H and O–H groups in total. The molecule has 0 bridgehead atoms. The smallest absolute Gasteiger partial charge is 0.408 e. The maximum absolute atomic E-state index is 13.4. The molecule has 34 heavy (non-hydrogen) atoms. The summed E-state index contributed by atoms with van der Waals surface area (Å²) in [6, 6.07) is 7.96. The van der Waals surface area contributed by atoms with Gasteiger partial charge >= 0.3 is 12.1 Å². The normalized spacial score (nSPS) is 12.3. The van der Waals surface area contributed by atoms with Crippen molar-refractivity contribution in [1.82, 2.24) is 15.5 Å². The molecule has 9 nitrogen and oxygen atoms in total. The van der Waals surface area contributed by atoms with Gasteiger partial charge in [-0.3, -0.25) is 14.4 Å². The number of alkyl carbamates (subject to hydrolysis) is 1. The first-order valence-corrected chi connectivity index (χ1v) is 11.6. The predicted molar refractivity (Wildman–Crippen MR) is 129 cm³/mol. The molecule has 0 aliphatic rings. The zero-order valence-electron chi connectivity index (χ0n) is 21.4. The fourth-order valence-electron chi connectivity index (χ4n) is 3.22. The van der Waals surface area contributed by atoms with Crippen molar-refractivity contribution < 1.29 is 28.7 Å². The number of rotatable bonds is 11. The van der Waals surface area contributed by atoms with E-state index in [0.29, 0.717) is 12.0 Å². The van der Waals surface area contributed by atoms with Gasteiger partial charge in [0.1, 0.15) is 18.2 Å². The lowest BCUT2D eigenvalue weighted by atomic mass is 9.93. The number of carbonyl (C=O) groups is 4. The van der Waals surface area contributed by atoms with E-state index in [1.807, 2.05) is 26.8 Å². The van der Waals surface area contributed by atoms with Crippen molar-refractivity contribution in [2.75, 3.05) is 19.7 Å². The van der Waals surface area contributed by atoms with Gasteiger partial charge in [0, 0.05) is 12.1 Å². The van der Waals surface area contributed by atoms with Gasteiger partial charge in [-0.1, -0.05) is 37.3 Å². The van der Waals surface area contributed by atoms with Gasteiger partial charge in [0.15, 0.2) is 0 Å². The molecule has 3 amide bonds. The van der Waals surface area contributed by atoms with Crippen LogP contribution in [0.1, 0.15) is 72.9 Å². The van der Waals surface area contributed by atoms with E-state index >= 15 is 0 Å². The van der Waals surface area contributed by atoms with Crippen LogP contribution in [0.4, 0.5) is 4.79 Å². The third-order valence-electron chi connectivity index (χ3n) is 5.12. The molecule has 0 aliphatic heterocycles. The van der Waals surface area contributed by atoms with Gasteiger partial charge in [0.25, 0.3) is 0 Å². The van der Waals surface area contributed by atoms with E-state index in [2.05, 4.69) is 10.6 Å². The quantitative estimate of drug-likeness (QED) is 0.473. The number of nitrogens with one attached hydrogen (secondary N) is 2. The van der Waals surface area contributed by atoms with Crippen molar-refractivity contribution in [3.63, 3.8) is 0 Å². The highest BCUT2D eigenvalue weighted by molar-refractivity contribution is 5.91. The second-order valence-corrected chi connectivity index (χ2v) is 9.44. The number of carbonyl (C=O) groups excluding carboxylic acids is 4. The SMILES string of the molecule is CCOC(=O)CCNC(=O)C(c1ccccc1)N(C(=O)CNC(=O)OC(C)(C)C)C(C)(C)CC. The minimum absolute atomic E-state index is 0.0202. The van der Waals surface area contributed by atoms with Crippen LogP contribution in [0.2, 0.25) is 0 Å². The van der Waals surface area contributed by atoms with Crippen LogP contribution in [0.3, 0.4) is 0 Å². The van der Waals surface area contributed by atoms with Gasteiger partial charge in [-0.15, -0.1) is 0 Å². The van der Waals surface area contributed by atoms with Crippen LogP contribution in [-0.4, -0.2) is 59.6 Å². The standard InChI is InChI=1S/C25H39N3O6/c1-8-25(6,7)28(19(29)17-27-23(32)34-24(3,4)5)21(18-13-11-10-12-14-18)22(31)26-16-15-20(30)33-9-2/h10-14,21H,8-9,15-17H2,1-7H3,(H,26,31)(H,27,32). The highest BCUT2D eigenvalue weighted by Crippen LogP contribution is 2.31. The van der Waals surface area contributed by atoms with E-state index in [-0.39, 0.29) is 26.1 Å². The Bertz CT molecular complexity index is 833. The van der Waals surface area contributed by atoms with Crippen LogP contribution in [-0.2, 0) is 23.9 Å². The molecule has 0 saturated heterocycles. The van der Waals surface area contributed by atoms with Crippen LogP contribution in [0.5, 0.6) is 0 Å². The first-order chi connectivity index (χ1) is 15.8. The second kappa shape index (κ2) is 13.0. The molecule has 9 heteroatoms. The first kappa shape index (κ1) is 28.9. The third-order valence-corrected chi connectivity index (χ3v) is 5.12. The number of amides is 3. The third kappa shape index (κ3) is 9.41. The number of hydrogen-bond acceptors (Lipinski definition) is 6. The summed E-state index contributed by atoms with van der Waals surface area (Å²) in [6.45, 7) is 12.5. The molecule has 0 radical (unpaired) electrons. The molecule has 0 aromatic heterocycles. The number of nitrogens with zero attached hydrogens (tertiary/aromatic N) is 1. The molecule has 0 fully saturated rings. The Labute approximate surface area is 202 Å². The predicted octanol–water partition coefficient (Wildman–Crippen LogP) is 3.34. The number of benzene rings is 1. The van der Waals surface area contributed by atoms with Crippen LogP contribution in [0.25, 0.3) is 0 Å². The van der Waals surface area contributed by atoms with E-state index in [1.54, 1.807) is 52.0 Å². The zero-order valence-corrected chi connectivity index (χ0v) is 21.4. The molecule has 0 spiro atoms. The van der Waals surface area contributed by atoms with Gasteiger partial charge in [-0.25, -0.2) is 4.79 Å². The molecule has 1 aromatic rings. The summed E-state index contributed by atoms with van der Waals surface area (Å²) in [5.74, 6) is -1.28. The molecule has 1 unspecified atom stereocenters. The van der Waals surface area contributed by atoms with E-state index < -0.39 is 41.1 Å². The van der Waals surface area contributed by atoms with Crippen LogP contribution < -0.4 is 10.6 Å². The van der Waals surface area contributed by atoms with Crippen molar-refractivity contribution in [3.05, 3.63) is 35.9 Å². The molecule has 1 rings (SSSR count). The van der Waals surface area contributed by atoms with Crippen molar-refractivity contribution in [2.45, 2.75) is 78.5 Å². The van der Waals surface area contributed by atoms with Gasteiger partial charge in [0.2, 0.25) is 11.8 Å². The maximum atomic E-state index is 13.4. The second-order valence-electron chi connectivity index (χ2n) is 9.44. The van der Waals surface area contributed by atoms with Gasteiger partial charge in [0.05, 0.1) is 13.0 Å². The Kier molecular flexibility index (Phi) is 11.0. The summed E-state index contributed by atoms with van der Waals surface area (Å²) in [6.07, 6.45) is -0.137. The van der Waals surface area contributed by atoms with E-state index in [4.69, 9.17) is 9.47 Å². The number of esters is 1. The maximum Gasteiger partial charge on any atom is 0.408 e. The Morgan fingerprint density at radius 2 is 1.59 bits per heavy atom. The lowest BCUT2D eigenvalue weighted by Gasteiger charge is -2.43. The van der Waals surface area contributed by atoms with Gasteiger partial charge in [-0.2, -0.15) is 0 Å². The minimum Gasteiger partial charge on any atom is -0.466 e. The molecular formula is C25H39N3O6. The molecule has 0 aliphatic carbocycles. The minimum atomic E-state index is -0.966. The summed E-state index contributed by atoms with van der Waals surface area (Å²) in [4.78, 5) is 52.0. The Hall–Kier alpha value is -3.10. The first-order valence-electron chi connectivity index (χ1n) is 11.6. The molecule has 0 heterocycles. The molecule has 0 saturated carbocycles. The number of ether oxygens (including phenoxy) is 2. The highest BCUT2D eigenvalue weighted by atomic mass is 16.6. The Morgan fingerprint density at radius 1 is 0.971 bits per heavy atom. The van der Waals surface area contributed by atoms with E-state index in [0.717, 1.165) is 0 Å². The highest BCUT2D eigenvalue weighted by Gasteiger charge is 2.40. The van der Waals surface area contributed by atoms with Crippen molar-refractivity contribution in [3.8, 4) is 0 Å². The van der Waals surface area contributed by atoms with Crippen molar-refractivity contribution >= 4 is 23.9 Å². The summed E-state index contributed by atoms with van der Waals surface area (Å²) in [7, 11) is 0. The largest absolute Gasteiger partial charge is 0.466 e. The molecular weight excluding hydrogens is 438 g/mol. The topological polar surface area (TPSA) is 114 Å². The lowest BCUT2D eigenvalue weighted by molar-refractivity contribution is -0.147. The monoisotopic (exact) mass is 477 g/mol. The van der Waals surface area contributed by atoms with Crippen LogP contribution in [0, 0.1) is 0 Å². The van der Waals surface area contributed by atoms with Gasteiger partial charge in [-0.05, 0) is 53.5 Å². The summed E-state index contributed by atoms with van der Waals surface area (Å²) in [5, 5.41) is 5.24. The van der Waals surface area contributed by atoms with E-state index in [9.17, 15) is 19.2 Å². The average Bonchev–Trinajstić information content (AvgIpc) is 2.75. The Morgan fingerprint density at radius 3 is 2.12 bits per heavy atom. The van der Waals surface area contributed by atoms with Crippen LogP contribution in [0.15, 0.2) is 30.3 Å². The van der Waals surface area contributed by atoms with Crippen molar-refractivity contribution in [2.24, 2.45) is 0 Å². The summed E-state index contributed by atoms with van der Waals surface area (Å²) in [5.41, 5.74) is -0.810. The fourth-order valence-corrected chi connectivity index (χ4v) is 3.22. The summed E-state index contributed by atoms with van der Waals surface area (Å²) >= 11 is 0. The van der Waals surface area contributed by atoms with E-state index in [1.165, 1.54) is 4.90 Å². The Balaban J connectivity index is 3.18. The number of hydrogen-bond donors (Lipinski definition) is 2. The summed E-state index contributed by atoms with van der Waals surface area (Å²) < 4.78 is 10.1. The molecule has 190 valence electrons. The van der Waals surface area contributed by atoms with Crippen molar-refractivity contribution in [1.29, 1.82) is 0 Å². The average molecular weight is 478 g/mol. The zero-order chi connectivity index (χ0) is 25.9. The van der Waals surface area contributed by atoms with Gasteiger partial charge < -0.3 is 25.0 Å². The lowest BCUT2D eigenvalue weighted by Crippen LogP contribution is -2.56.